The first-order chi connectivity index (χ1) is 9.08. The van der Waals surface area contributed by atoms with Crippen LogP contribution in [0.5, 0.6) is 5.75 Å². The molecule has 2 rings (SSSR count). The molecule has 0 bridgehead atoms. The summed E-state index contributed by atoms with van der Waals surface area (Å²) in [6.07, 6.45) is 0. The van der Waals surface area contributed by atoms with Crippen molar-refractivity contribution < 1.29 is 9.66 Å². The van der Waals surface area contributed by atoms with Crippen LogP contribution in [0.4, 0.5) is 11.6 Å². The van der Waals surface area contributed by atoms with E-state index in [2.05, 4.69) is 15.5 Å². The number of nitro benzene ring substituents is 1. The normalized spacial score (nSPS) is 10.3. The number of anilines is 1. The maximum atomic E-state index is 11.0. The van der Waals surface area contributed by atoms with Gasteiger partial charge in [0, 0.05) is 25.7 Å². The number of aromatic nitrogens is 3. The van der Waals surface area contributed by atoms with Crippen molar-refractivity contribution in [3.8, 4) is 17.1 Å². The van der Waals surface area contributed by atoms with E-state index in [9.17, 15) is 10.1 Å². The average molecular weight is 263 g/mol. The molecule has 0 saturated carbocycles. The highest BCUT2D eigenvalue weighted by Gasteiger charge is 2.18. The lowest BCUT2D eigenvalue weighted by Crippen LogP contribution is -2.00. The molecule has 0 spiro atoms. The SMILES string of the molecule is CNc1nnc(-c2ccc(OC)c([N+](=O)[O-])c2)n1C. The van der Waals surface area contributed by atoms with E-state index in [-0.39, 0.29) is 11.4 Å². The Morgan fingerprint density at radius 1 is 1.42 bits per heavy atom. The van der Waals surface area contributed by atoms with Crippen molar-refractivity contribution in [3.05, 3.63) is 28.3 Å². The molecule has 2 aromatic rings. The Kier molecular flexibility index (Phi) is 3.32. The van der Waals surface area contributed by atoms with Crippen molar-refractivity contribution in [2.24, 2.45) is 7.05 Å². The summed E-state index contributed by atoms with van der Waals surface area (Å²) in [7, 11) is 4.89. The highest BCUT2D eigenvalue weighted by Crippen LogP contribution is 2.31. The van der Waals surface area contributed by atoms with E-state index in [0.717, 1.165) is 0 Å². The number of nitro groups is 1. The summed E-state index contributed by atoms with van der Waals surface area (Å²) in [4.78, 5) is 10.5. The number of benzene rings is 1. The van der Waals surface area contributed by atoms with Gasteiger partial charge in [-0.15, -0.1) is 10.2 Å². The van der Waals surface area contributed by atoms with Crippen molar-refractivity contribution in [2.75, 3.05) is 19.5 Å². The summed E-state index contributed by atoms with van der Waals surface area (Å²) in [5.74, 6) is 1.33. The second-order valence-corrected chi connectivity index (χ2v) is 3.80. The van der Waals surface area contributed by atoms with Gasteiger partial charge >= 0.3 is 5.69 Å². The number of rotatable bonds is 4. The van der Waals surface area contributed by atoms with Gasteiger partial charge in [0.2, 0.25) is 5.95 Å². The van der Waals surface area contributed by atoms with Crippen LogP contribution in [0.2, 0.25) is 0 Å². The minimum absolute atomic E-state index is 0.103. The monoisotopic (exact) mass is 263 g/mol. The van der Waals surface area contributed by atoms with Gasteiger partial charge in [-0.25, -0.2) is 0 Å². The van der Waals surface area contributed by atoms with Gasteiger partial charge in [0.15, 0.2) is 11.6 Å². The van der Waals surface area contributed by atoms with E-state index in [0.29, 0.717) is 17.3 Å². The molecular weight excluding hydrogens is 250 g/mol. The molecule has 0 saturated heterocycles. The van der Waals surface area contributed by atoms with E-state index >= 15 is 0 Å². The highest BCUT2D eigenvalue weighted by atomic mass is 16.6. The minimum Gasteiger partial charge on any atom is -0.490 e. The Labute approximate surface area is 109 Å². The predicted molar refractivity (Wildman–Crippen MR) is 69.2 cm³/mol. The number of hydrogen-bond donors (Lipinski definition) is 1. The van der Waals surface area contributed by atoms with Crippen LogP contribution in [-0.2, 0) is 7.05 Å². The second-order valence-electron chi connectivity index (χ2n) is 3.80. The number of hydrogen-bond acceptors (Lipinski definition) is 6. The summed E-state index contributed by atoms with van der Waals surface area (Å²) in [6.45, 7) is 0. The maximum absolute atomic E-state index is 11.0. The van der Waals surface area contributed by atoms with Gasteiger partial charge in [0.05, 0.1) is 12.0 Å². The largest absolute Gasteiger partial charge is 0.490 e. The van der Waals surface area contributed by atoms with Gasteiger partial charge in [-0.2, -0.15) is 0 Å². The standard InChI is InChI=1S/C11H13N5O3/c1-12-11-14-13-10(15(11)2)7-4-5-9(19-3)8(6-7)16(17)18/h4-6H,1-3H3,(H,12,14). The van der Waals surface area contributed by atoms with Crippen LogP contribution in [0.25, 0.3) is 11.4 Å². The summed E-state index contributed by atoms with van der Waals surface area (Å²) in [5.41, 5.74) is 0.498. The smallest absolute Gasteiger partial charge is 0.311 e. The van der Waals surface area contributed by atoms with Crippen LogP contribution in [-0.4, -0.2) is 33.8 Å². The van der Waals surface area contributed by atoms with Gasteiger partial charge in [0.25, 0.3) is 0 Å². The summed E-state index contributed by atoms with van der Waals surface area (Å²) in [6, 6.07) is 4.67. The Morgan fingerprint density at radius 3 is 2.68 bits per heavy atom. The quantitative estimate of drug-likeness (QED) is 0.662. The zero-order valence-electron chi connectivity index (χ0n) is 10.7. The molecule has 19 heavy (non-hydrogen) atoms. The molecule has 0 unspecified atom stereocenters. The third-order valence-corrected chi connectivity index (χ3v) is 2.73. The fourth-order valence-corrected chi connectivity index (χ4v) is 1.77. The van der Waals surface area contributed by atoms with E-state index in [1.165, 1.54) is 13.2 Å². The lowest BCUT2D eigenvalue weighted by molar-refractivity contribution is -0.385. The first-order valence-electron chi connectivity index (χ1n) is 5.48. The molecule has 0 aliphatic heterocycles. The van der Waals surface area contributed by atoms with Crippen LogP contribution in [0, 0.1) is 10.1 Å². The first-order valence-corrected chi connectivity index (χ1v) is 5.48. The number of methoxy groups -OCH3 is 1. The van der Waals surface area contributed by atoms with Crippen molar-refractivity contribution in [1.29, 1.82) is 0 Å². The minimum atomic E-state index is -0.488. The van der Waals surface area contributed by atoms with E-state index in [4.69, 9.17) is 4.74 Å². The highest BCUT2D eigenvalue weighted by molar-refractivity contribution is 5.64. The van der Waals surface area contributed by atoms with Crippen LogP contribution >= 0.6 is 0 Å². The molecule has 1 N–H and O–H groups in total. The molecule has 8 heteroatoms. The van der Waals surface area contributed by atoms with Crippen LogP contribution in [0.3, 0.4) is 0 Å². The van der Waals surface area contributed by atoms with Crippen molar-refractivity contribution in [2.45, 2.75) is 0 Å². The summed E-state index contributed by atoms with van der Waals surface area (Å²) in [5, 5.41) is 21.8. The molecule has 0 atom stereocenters. The van der Waals surface area contributed by atoms with Crippen LogP contribution < -0.4 is 10.1 Å². The molecule has 1 aromatic heterocycles. The molecule has 0 amide bonds. The molecule has 0 fully saturated rings. The zero-order chi connectivity index (χ0) is 14.0. The molecule has 0 aliphatic carbocycles. The Morgan fingerprint density at radius 2 is 2.16 bits per heavy atom. The third-order valence-electron chi connectivity index (χ3n) is 2.73. The van der Waals surface area contributed by atoms with Gasteiger partial charge < -0.3 is 10.1 Å². The topological polar surface area (TPSA) is 95.1 Å². The fraction of sp³-hybridized carbons (Fsp3) is 0.273. The lowest BCUT2D eigenvalue weighted by Gasteiger charge is -2.05. The average Bonchev–Trinajstić information content (AvgIpc) is 2.79. The Balaban J connectivity index is 2.54. The zero-order valence-corrected chi connectivity index (χ0v) is 10.7. The van der Waals surface area contributed by atoms with Crippen molar-refractivity contribution in [3.63, 3.8) is 0 Å². The van der Waals surface area contributed by atoms with Gasteiger partial charge in [-0.3, -0.25) is 14.7 Å². The third kappa shape index (κ3) is 2.19. The van der Waals surface area contributed by atoms with Crippen LogP contribution in [0.1, 0.15) is 0 Å². The predicted octanol–water partition coefficient (Wildman–Crippen LogP) is 1.44. The number of nitrogens with zero attached hydrogens (tertiary/aromatic N) is 4. The first kappa shape index (κ1) is 12.8. The molecule has 1 heterocycles. The fourth-order valence-electron chi connectivity index (χ4n) is 1.77. The lowest BCUT2D eigenvalue weighted by atomic mass is 10.1. The molecule has 100 valence electrons. The van der Waals surface area contributed by atoms with Crippen molar-refractivity contribution in [1.82, 2.24) is 14.8 Å². The van der Waals surface area contributed by atoms with Crippen molar-refractivity contribution >= 4 is 11.6 Å². The molecule has 0 radical (unpaired) electrons. The number of nitrogens with one attached hydrogen (secondary N) is 1. The van der Waals surface area contributed by atoms with Gasteiger partial charge in [-0.1, -0.05) is 0 Å². The Bertz CT molecular complexity index is 623. The van der Waals surface area contributed by atoms with Gasteiger partial charge in [0.1, 0.15) is 0 Å². The van der Waals surface area contributed by atoms with Crippen LogP contribution in [0.15, 0.2) is 18.2 Å². The number of ether oxygens (including phenoxy) is 1. The molecule has 1 aromatic carbocycles. The molecule has 0 aliphatic rings. The second kappa shape index (κ2) is 4.92. The maximum Gasteiger partial charge on any atom is 0.311 e. The summed E-state index contributed by atoms with van der Waals surface area (Å²) < 4.78 is 6.67. The summed E-state index contributed by atoms with van der Waals surface area (Å²) >= 11 is 0. The Hall–Kier alpha value is -2.64. The van der Waals surface area contributed by atoms with E-state index in [1.54, 1.807) is 30.8 Å². The van der Waals surface area contributed by atoms with E-state index in [1.807, 2.05) is 0 Å². The molecular formula is C11H13N5O3. The van der Waals surface area contributed by atoms with Gasteiger partial charge in [-0.05, 0) is 12.1 Å². The molecule has 8 nitrogen and oxygen atoms in total. The van der Waals surface area contributed by atoms with E-state index < -0.39 is 4.92 Å².